The van der Waals surface area contributed by atoms with Gasteiger partial charge < -0.3 is 15.0 Å². The Kier molecular flexibility index (Phi) is 8.20. The molecule has 206 valence electrons. The smallest absolute Gasteiger partial charge is 0.379 e. The third-order valence-electron chi connectivity index (χ3n) is 6.81. The number of ether oxygens (including phenoxy) is 1. The summed E-state index contributed by atoms with van der Waals surface area (Å²) >= 11 is 1.55. The van der Waals surface area contributed by atoms with E-state index in [0.717, 1.165) is 47.1 Å². The number of thiazole rings is 1. The second kappa shape index (κ2) is 11.8. The van der Waals surface area contributed by atoms with Crippen molar-refractivity contribution in [1.82, 2.24) is 19.2 Å². The number of nitrogens with one attached hydrogen (secondary N) is 1. The predicted molar refractivity (Wildman–Crippen MR) is 146 cm³/mol. The van der Waals surface area contributed by atoms with E-state index >= 15 is 0 Å². The van der Waals surface area contributed by atoms with Crippen molar-refractivity contribution in [2.24, 2.45) is 0 Å². The van der Waals surface area contributed by atoms with Crippen LogP contribution in [0.5, 0.6) is 0 Å². The normalized spacial score (nSPS) is 14.6. The first kappa shape index (κ1) is 27.2. The number of benzene rings is 2. The Labute approximate surface area is 228 Å². The molecular weight excluding hydrogens is 527 g/mol. The van der Waals surface area contributed by atoms with Gasteiger partial charge in [0.15, 0.2) is 4.96 Å². The maximum Gasteiger partial charge on any atom is 0.416 e. The Morgan fingerprint density at radius 1 is 1.08 bits per heavy atom. The molecule has 2 aromatic carbocycles. The van der Waals surface area contributed by atoms with E-state index in [9.17, 15) is 18.0 Å². The molecule has 0 atom stereocenters. The highest BCUT2D eigenvalue weighted by atomic mass is 32.1. The van der Waals surface area contributed by atoms with E-state index in [1.54, 1.807) is 16.2 Å². The van der Waals surface area contributed by atoms with Crippen molar-refractivity contribution in [3.8, 4) is 11.3 Å². The van der Waals surface area contributed by atoms with E-state index < -0.39 is 11.7 Å². The number of halogens is 3. The number of hydrogen-bond acceptors (Lipinski definition) is 5. The van der Waals surface area contributed by atoms with Gasteiger partial charge in [-0.3, -0.25) is 9.30 Å². The average molecular weight is 558 g/mol. The van der Waals surface area contributed by atoms with Crippen molar-refractivity contribution in [1.29, 1.82) is 0 Å². The largest absolute Gasteiger partial charge is 0.416 e. The molecule has 1 N–H and O–H groups in total. The molecule has 0 unspecified atom stereocenters. The third-order valence-corrected chi connectivity index (χ3v) is 7.70. The van der Waals surface area contributed by atoms with Gasteiger partial charge >= 0.3 is 12.2 Å². The lowest BCUT2D eigenvalue weighted by atomic mass is 10.1. The fraction of sp³-hybridized carbons (Fsp3) is 0.357. The zero-order valence-electron chi connectivity index (χ0n) is 21.6. The molecule has 0 aliphatic carbocycles. The monoisotopic (exact) mass is 557 g/mol. The Morgan fingerprint density at radius 2 is 1.79 bits per heavy atom. The van der Waals surface area contributed by atoms with E-state index in [1.807, 2.05) is 13.1 Å². The van der Waals surface area contributed by atoms with E-state index in [4.69, 9.17) is 9.72 Å². The van der Waals surface area contributed by atoms with Gasteiger partial charge in [-0.15, -0.1) is 11.3 Å². The molecule has 0 bridgehead atoms. The van der Waals surface area contributed by atoms with Crippen LogP contribution in [0.3, 0.4) is 0 Å². The molecule has 0 spiro atoms. The maximum atomic E-state index is 13.2. The van der Waals surface area contributed by atoms with Gasteiger partial charge in [-0.25, -0.2) is 9.78 Å². The highest BCUT2D eigenvalue weighted by Gasteiger charge is 2.30. The summed E-state index contributed by atoms with van der Waals surface area (Å²) in [5.74, 6) is 0. The maximum absolute atomic E-state index is 13.2. The highest BCUT2D eigenvalue weighted by molar-refractivity contribution is 7.15. The number of morpholine rings is 1. The van der Waals surface area contributed by atoms with Crippen LogP contribution in [0.1, 0.15) is 16.8 Å². The zero-order valence-corrected chi connectivity index (χ0v) is 22.4. The van der Waals surface area contributed by atoms with Crippen LogP contribution in [0.15, 0.2) is 60.1 Å². The fourth-order valence-corrected chi connectivity index (χ4v) is 5.38. The van der Waals surface area contributed by atoms with Crippen molar-refractivity contribution in [3.05, 3.63) is 76.9 Å². The summed E-state index contributed by atoms with van der Waals surface area (Å²) in [6, 6.07) is 12.4. The summed E-state index contributed by atoms with van der Waals surface area (Å²) in [5.41, 5.74) is 3.74. The number of aromatic nitrogens is 2. The number of anilines is 1. The van der Waals surface area contributed by atoms with Gasteiger partial charge in [0.1, 0.15) is 0 Å². The Morgan fingerprint density at radius 3 is 2.49 bits per heavy atom. The van der Waals surface area contributed by atoms with Crippen molar-refractivity contribution < 1.29 is 22.7 Å². The summed E-state index contributed by atoms with van der Waals surface area (Å²) in [6.45, 7) is 6.59. The van der Waals surface area contributed by atoms with Crippen LogP contribution in [-0.4, -0.2) is 71.2 Å². The predicted octanol–water partition coefficient (Wildman–Crippen LogP) is 5.80. The van der Waals surface area contributed by atoms with E-state index in [-0.39, 0.29) is 6.03 Å². The molecule has 39 heavy (non-hydrogen) atoms. The number of rotatable bonds is 8. The van der Waals surface area contributed by atoms with Crippen molar-refractivity contribution in [3.63, 3.8) is 0 Å². The number of urea groups is 1. The van der Waals surface area contributed by atoms with E-state index in [1.165, 1.54) is 17.7 Å². The number of fused-ring (bicyclic) bond motifs is 1. The molecule has 1 saturated heterocycles. The first-order valence-corrected chi connectivity index (χ1v) is 13.7. The number of carbonyl (C=O) groups is 1. The number of hydrogen-bond donors (Lipinski definition) is 1. The quantitative estimate of drug-likeness (QED) is 0.298. The van der Waals surface area contributed by atoms with E-state index in [0.29, 0.717) is 45.0 Å². The lowest BCUT2D eigenvalue weighted by molar-refractivity contribution is -0.137. The molecule has 0 saturated carbocycles. The van der Waals surface area contributed by atoms with Gasteiger partial charge in [0, 0.05) is 67.7 Å². The van der Waals surface area contributed by atoms with Gasteiger partial charge in [0.05, 0.1) is 24.5 Å². The van der Waals surface area contributed by atoms with Crippen molar-refractivity contribution >= 4 is 28.0 Å². The van der Waals surface area contributed by atoms with Crippen LogP contribution in [0.2, 0.25) is 0 Å². The molecule has 1 aliphatic heterocycles. The molecule has 5 rings (SSSR count). The second-order valence-electron chi connectivity index (χ2n) is 9.57. The van der Waals surface area contributed by atoms with Crippen LogP contribution >= 0.6 is 11.3 Å². The summed E-state index contributed by atoms with van der Waals surface area (Å²) < 4.78 is 46.3. The van der Waals surface area contributed by atoms with Crippen molar-refractivity contribution in [2.45, 2.75) is 19.5 Å². The Hall–Kier alpha value is -3.41. The molecular formula is C28H30F3N5O2S. The van der Waals surface area contributed by atoms with Crippen LogP contribution in [0, 0.1) is 6.92 Å². The van der Waals surface area contributed by atoms with E-state index in [2.05, 4.69) is 44.3 Å². The topological polar surface area (TPSA) is 62.1 Å². The number of nitrogens with zero attached hydrogens (tertiary/aromatic N) is 4. The lowest BCUT2D eigenvalue weighted by Gasteiger charge is -2.30. The first-order chi connectivity index (χ1) is 18.8. The number of carbonyl (C=O) groups excluding carboxylic acids is 1. The van der Waals surface area contributed by atoms with Gasteiger partial charge in [0.25, 0.3) is 0 Å². The highest BCUT2D eigenvalue weighted by Crippen LogP contribution is 2.30. The van der Waals surface area contributed by atoms with Crippen LogP contribution in [0.4, 0.5) is 23.7 Å². The summed E-state index contributed by atoms with van der Waals surface area (Å²) in [5, 5.41) is 4.82. The molecule has 2 aromatic heterocycles. The molecule has 7 nitrogen and oxygen atoms in total. The van der Waals surface area contributed by atoms with Crippen LogP contribution in [0.25, 0.3) is 16.2 Å². The number of amides is 2. The minimum Gasteiger partial charge on any atom is -0.379 e. The van der Waals surface area contributed by atoms with Crippen LogP contribution in [-0.2, 0) is 17.3 Å². The van der Waals surface area contributed by atoms with Gasteiger partial charge in [-0.05, 0) is 31.2 Å². The lowest BCUT2D eigenvalue weighted by Crippen LogP contribution is -2.45. The SMILES string of the molecule is Cc1ccc(-c2cn3c(CCN(CCN4CCOCC4)C(=O)Nc4ccc(C(F)(F)F)cc4)csc3n2)cc1. The second-order valence-corrected chi connectivity index (χ2v) is 10.4. The van der Waals surface area contributed by atoms with Crippen LogP contribution < -0.4 is 5.32 Å². The third kappa shape index (κ3) is 6.78. The average Bonchev–Trinajstić information content (AvgIpc) is 3.51. The minimum atomic E-state index is -4.43. The standard InChI is InChI=1S/C28H30F3N5O2S/c1-20-2-4-21(5-3-20)25-18-36-24(19-39-27(36)33-25)10-11-35(13-12-34-14-16-38-17-15-34)26(37)32-23-8-6-22(7-9-23)28(29,30)31/h2-9,18-19H,10-17H2,1H3,(H,32,37). The number of aryl methyl sites for hydroxylation is 1. The number of imidazole rings is 1. The minimum absolute atomic E-state index is 0.319. The summed E-state index contributed by atoms with van der Waals surface area (Å²) in [7, 11) is 0. The summed E-state index contributed by atoms with van der Waals surface area (Å²) in [4.78, 5) is 22.8. The van der Waals surface area contributed by atoms with Gasteiger partial charge in [-0.2, -0.15) is 13.2 Å². The van der Waals surface area contributed by atoms with Gasteiger partial charge in [0.2, 0.25) is 0 Å². The van der Waals surface area contributed by atoms with Crippen molar-refractivity contribution in [2.75, 3.05) is 51.3 Å². The Balaban J connectivity index is 1.28. The molecule has 1 aliphatic rings. The summed E-state index contributed by atoms with van der Waals surface area (Å²) in [6.07, 6.45) is -1.80. The molecule has 3 heterocycles. The first-order valence-electron chi connectivity index (χ1n) is 12.8. The Bertz CT molecular complexity index is 1390. The molecule has 1 fully saturated rings. The zero-order chi connectivity index (χ0) is 27.4. The fourth-order valence-electron chi connectivity index (χ4n) is 4.47. The molecule has 0 radical (unpaired) electrons. The number of alkyl halides is 3. The molecule has 11 heteroatoms. The molecule has 2 amide bonds. The van der Waals surface area contributed by atoms with Gasteiger partial charge in [-0.1, -0.05) is 29.8 Å². The molecule has 4 aromatic rings.